The summed E-state index contributed by atoms with van der Waals surface area (Å²) in [4.78, 5) is 2.53. The van der Waals surface area contributed by atoms with Gasteiger partial charge in [-0.25, -0.2) is 0 Å². The lowest BCUT2D eigenvalue weighted by molar-refractivity contribution is 0.793. The van der Waals surface area contributed by atoms with Gasteiger partial charge >= 0.3 is 0 Å². The Morgan fingerprint density at radius 2 is 1.48 bits per heavy atom. The smallest absolute Gasteiger partial charge is 0.0432 e. The summed E-state index contributed by atoms with van der Waals surface area (Å²) in [5.41, 5.74) is 11.0. The van der Waals surface area contributed by atoms with Gasteiger partial charge in [-0.1, -0.05) is 43.3 Å². The van der Waals surface area contributed by atoms with E-state index in [4.69, 9.17) is 5.73 Å². The SMILES string of the molecule is CCc1ccc(CN(c2ccc(CN)cc2)C2CC2)cc1. The largest absolute Gasteiger partial charge is 0.364 e. The van der Waals surface area contributed by atoms with Crippen molar-refractivity contribution in [3.05, 3.63) is 65.2 Å². The molecule has 1 fully saturated rings. The summed E-state index contributed by atoms with van der Waals surface area (Å²) >= 11 is 0. The standard InChI is InChI=1S/C19H24N2/c1-2-15-3-5-17(6-4-15)14-21(19-11-12-19)18-9-7-16(13-20)8-10-18/h3-10,19H,2,11-14,20H2,1H3. The molecule has 3 rings (SSSR count). The van der Waals surface area contributed by atoms with Crippen molar-refractivity contribution < 1.29 is 0 Å². The second kappa shape index (κ2) is 6.31. The fourth-order valence-electron chi connectivity index (χ4n) is 2.72. The van der Waals surface area contributed by atoms with Gasteiger partial charge in [-0.05, 0) is 48.1 Å². The summed E-state index contributed by atoms with van der Waals surface area (Å²) < 4.78 is 0. The number of nitrogens with zero attached hydrogens (tertiary/aromatic N) is 1. The minimum Gasteiger partial charge on any atom is -0.364 e. The molecule has 2 N–H and O–H groups in total. The summed E-state index contributed by atoms with van der Waals surface area (Å²) in [6.45, 7) is 3.81. The number of benzene rings is 2. The van der Waals surface area contributed by atoms with Crippen LogP contribution in [0.15, 0.2) is 48.5 Å². The summed E-state index contributed by atoms with van der Waals surface area (Å²) in [6.07, 6.45) is 3.73. The quantitative estimate of drug-likeness (QED) is 0.870. The summed E-state index contributed by atoms with van der Waals surface area (Å²) in [5.74, 6) is 0. The molecule has 0 radical (unpaired) electrons. The van der Waals surface area contributed by atoms with E-state index in [1.165, 1.54) is 35.2 Å². The summed E-state index contributed by atoms with van der Waals surface area (Å²) in [5, 5.41) is 0. The Labute approximate surface area is 127 Å². The maximum atomic E-state index is 5.69. The van der Waals surface area contributed by atoms with Gasteiger partial charge < -0.3 is 10.6 Å². The Morgan fingerprint density at radius 3 is 2.00 bits per heavy atom. The van der Waals surface area contributed by atoms with Crippen LogP contribution in [0, 0.1) is 0 Å². The maximum absolute atomic E-state index is 5.69. The number of nitrogens with two attached hydrogens (primary N) is 1. The van der Waals surface area contributed by atoms with Crippen LogP contribution in [-0.4, -0.2) is 6.04 Å². The monoisotopic (exact) mass is 280 g/mol. The van der Waals surface area contributed by atoms with Crippen LogP contribution in [0.4, 0.5) is 5.69 Å². The van der Waals surface area contributed by atoms with Gasteiger partial charge in [0, 0.05) is 24.8 Å². The molecule has 21 heavy (non-hydrogen) atoms. The highest BCUT2D eigenvalue weighted by Crippen LogP contribution is 2.33. The average molecular weight is 280 g/mol. The van der Waals surface area contributed by atoms with Gasteiger partial charge in [-0.15, -0.1) is 0 Å². The van der Waals surface area contributed by atoms with E-state index in [-0.39, 0.29) is 0 Å². The lowest BCUT2D eigenvalue weighted by atomic mass is 10.1. The van der Waals surface area contributed by atoms with Crippen molar-refractivity contribution in [3.63, 3.8) is 0 Å². The van der Waals surface area contributed by atoms with Crippen LogP contribution in [0.2, 0.25) is 0 Å². The number of hydrogen-bond acceptors (Lipinski definition) is 2. The van der Waals surface area contributed by atoms with Crippen molar-refractivity contribution in [2.75, 3.05) is 4.90 Å². The molecule has 110 valence electrons. The molecule has 1 saturated carbocycles. The normalized spacial score (nSPS) is 14.2. The van der Waals surface area contributed by atoms with Crippen molar-refractivity contribution in [1.82, 2.24) is 0 Å². The van der Waals surface area contributed by atoms with Crippen molar-refractivity contribution in [2.45, 2.75) is 45.3 Å². The second-order valence-corrected chi connectivity index (χ2v) is 5.90. The highest BCUT2D eigenvalue weighted by atomic mass is 15.2. The Bertz CT molecular complexity index is 568. The van der Waals surface area contributed by atoms with Crippen LogP contribution in [0.3, 0.4) is 0 Å². The molecular weight excluding hydrogens is 256 g/mol. The first kappa shape index (κ1) is 14.2. The van der Waals surface area contributed by atoms with Crippen molar-refractivity contribution in [1.29, 1.82) is 0 Å². The van der Waals surface area contributed by atoms with Gasteiger partial charge in [0.1, 0.15) is 0 Å². The van der Waals surface area contributed by atoms with Crippen molar-refractivity contribution >= 4 is 5.69 Å². The van der Waals surface area contributed by atoms with Crippen molar-refractivity contribution in [2.24, 2.45) is 5.73 Å². The zero-order valence-electron chi connectivity index (χ0n) is 12.8. The highest BCUT2D eigenvalue weighted by molar-refractivity contribution is 5.50. The zero-order chi connectivity index (χ0) is 14.7. The molecule has 2 nitrogen and oxygen atoms in total. The number of rotatable bonds is 6. The number of anilines is 1. The fraction of sp³-hybridized carbons (Fsp3) is 0.368. The van der Waals surface area contributed by atoms with Gasteiger partial charge in [-0.3, -0.25) is 0 Å². The molecular formula is C19H24N2. The van der Waals surface area contributed by atoms with Gasteiger partial charge in [0.05, 0.1) is 0 Å². The van der Waals surface area contributed by atoms with Crippen LogP contribution in [0.5, 0.6) is 0 Å². The second-order valence-electron chi connectivity index (χ2n) is 5.90. The Balaban J connectivity index is 1.77. The number of aryl methyl sites for hydroxylation is 1. The molecule has 0 unspecified atom stereocenters. The minimum absolute atomic E-state index is 0.613. The molecule has 2 aromatic carbocycles. The third kappa shape index (κ3) is 3.45. The molecule has 1 aliphatic rings. The predicted octanol–water partition coefficient (Wildman–Crippen LogP) is 3.88. The van der Waals surface area contributed by atoms with E-state index in [1.807, 2.05) is 0 Å². The van der Waals surface area contributed by atoms with Gasteiger partial charge in [0.2, 0.25) is 0 Å². The van der Waals surface area contributed by atoms with E-state index in [2.05, 4.69) is 60.4 Å². The van der Waals surface area contributed by atoms with Crippen LogP contribution < -0.4 is 10.6 Å². The Hall–Kier alpha value is -1.80. The fourth-order valence-corrected chi connectivity index (χ4v) is 2.72. The topological polar surface area (TPSA) is 29.3 Å². The first-order valence-electron chi connectivity index (χ1n) is 7.93. The van der Waals surface area contributed by atoms with E-state index in [0.29, 0.717) is 12.6 Å². The van der Waals surface area contributed by atoms with Gasteiger partial charge in [0.15, 0.2) is 0 Å². The van der Waals surface area contributed by atoms with E-state index in [9.17, 15) is 0 Å². The highest BCUT2D eigenvalue weighted by Gasteiger charge is 2.29. The van der Waals surface area contributed by atoms with Crippen molar-refractivity contribution in [3.8, 4) is 0 Å². The third-order valence-electron chi connectivity index (χ3n) is 4.28. The Kier molecular flexibility index (Phi) is 4.26. The van der Waals surface area contributed by atoms with E-state index in [1.54, 1.807) is 0 Å². The lowest BCUT2D eigenvalue weighted by Gasteiger charge is -2.25. The first-order valence-corrected chi connectivity index (χ1v) is 7.93. The molecule has 0 aromatic heterocycles. The average Bonchev–Trinajstić information content (AvgIpc) is 3.38. The van der Waals surface area contributed by atoms with E-state index < -0.39 is 0 Å². The third-order valence-corrected chi connectivity index (χ3v) is 4.28. The van der Waals surface area contributed by atoms with Gasteiger partial charge in [0.25, 0.3) is 0 Å². The molecule has 0 saturated heterocycles. The zero-order valence-corrected chi connectivity index (χ0v) is 12.8. The molecule has 0 aliphatic heterocycles. The van der Waals surface area contributed by atoms with Crippen LogP contribution >= 0.6 is 0 Å². The molecule has 2 heteroatoms. The Morgan fingerprint density at radius 1 is 0.905 bits per heavy atom. The summed E-state index contributed by atoms with van der Waals surface area (Å²) in [7, 11) is 0. The summed E-state index contributed by atoms with van der Waals surface area (Å²) in [6, 6.07) is 18.4. The van der Waals surface area contributed by atoms with E-state index in [0.717, 1.165) is 13.0 Å². The molecule has 0 amide bonds. The van der Waals surface area contributed by atoms with Crippen LogP contribution in [0.25, 0.3) is 0 Å². The number of hydrogen-bond donors (Lipinski definition) is 1. The minimum atomic E-state index is 0.613. The molecule has 0 spiro atoms. The molecule has 1 aliphatic carbocycles. The molecule has 0 heterocycles. The van der Waals surface area contributed by atoms with E-state index >= 15 is 0 Å². The van der Waals surface area contributed by atoms with Gasteiger partial charge in [-0.2, -0.15) is 0 Å². The lowest BCUT2D eigenvalue weighted by Crippen LogP contribution is -2.24. The molecule has 0 atom stereocenters. The maximum Gasteiger partial charge on any atom is 0.0432 e. The predicted molar refractivity (Wildman–Crippen MR) is 89.4 cm³/mol. The van der Waals surface area contributed by atoms with Crippen LogP contribution in [-0.2, 0) is 19.5 Å². The molecule has 0 bridgehead atoms. The molecule has 2 aromatic rings. The van der Waals surface area contributed by atoms with Crippen LogP contribution in [0.1, 0.15) is 36.5 Å². The first-order chi connectivity index (χ1) is 10.3.